The molecule has 0 unspecified atom stereocenters. The average molecular weight is 633 g/mol. The molecular formula is C20H60N10O10S. The van der Waals surface area contributed by atoms with Crippen molar-refractivity contribution in [2.75, 3.05) is 26.2 Å². The van der Waals surface area contributed by atoms with Gasteiger partial charge in [0.2, 0.25) is 11.9 Å². The molecule has 0 radical (unpaired) electrons. The van der Waals surface area contributed by atoms with Crippen LogP contribution in [-0.4, -0.2) is 110 Å². The molecule has 21 heteroatoms. The van der Waals surface area contributed by atoms with Gasteiger partial charge in [0.15, 0.2) is 11.9 Å². The minimum Gasteiger partial charge on any atom is -0.412 e. The summed E-state index contributed by atoms with van der Waals surface area (Å²) in [5.41, 5.74) is 21.0. The molecule has 41 heavy (non-hydrogen) atoms. The van der Waals surface area contributed by atoms with E-state index in [9.17, 15) is 0 Å². The average Bonchev–Trinajstić information content (AvgIpc) is 2.72. The van der Waals surface area contributed by atoms with Gasteiger partial charge in [-0.25, -0.2) is 0 Å². The second-order valence-corrected chi connectivity index (χ2v) is 8.45. The number of unbranched alkanes of at least 4 members (excludes halogenated alkanes) is 4. The first-order chi connectivity index (χ1) is 16.2. The second kappa shape index (κ2) is 39.3. The molecule has 0 aromatic rings. The van der Waals surface area contributed by atoms with Gasteiger partial charge in [-0.15, -0.1) is 0 Å². The van der Waals surface area contributed by atoms with Gasteiger partial charge in [-0.3, -0.25) is 19.9 Å². The van der Waals surface area contributed by atoms with Crippen molar-refractivity contribution in [1.82, 2.24) is 9.80 Å². The van der Waals surface area contributed by atoms with E-state index in [-0.39, 0.29) is 56.7 Å². The molecule has 0 spiro atoms. The van der Waals surface area contributed by atoms with Crippen molar-refractivity contribution >= 4 is 34.2 Å². The van der Waals surface area contributed by atoms with E-state index in [2.05, 4.69) is 37.7 Å². The summed E-state index contributed by atoms with van der Waals surface area (Å²) < 4.78 is 31.6. The van der Waals surface area contributed by atoms with E-state index in [4.69, 9.17) is 51.3 Å². The van der Waals surface area contributed by atoms with Gasteiger partial charge in [0.25, 0.3) is 0 Å². The van der Waals surface area contributed by atoms with Crippen LogP contribution in [0, 0.1) is 10.8 Å². The molecule has 0 saturated carbocycles. The van der Waals surface area contributed by atoms with E-state index in [1.165, 1.54) is 0 Å². The molecule has 0 amide bonds. The minimum atomic E-state index is -4.67. The Morgan fingerprint density at radius 3 is 0.878 bits per heavy atom. The standard InChI is InChI=1S/2C10H23N5.H2O4S.6H2O/c2*1-3-5-7-15(8-6-4-2)10(13)14-9(11)12;1-5(2,3)4;;;;;;/h2*3-8H2,1-2H3,(H5,11,12,13,14);(H2,1,2,3,4);6*1H2. The van der Waals surface area contributed by atoms with Crippen LogP contribution >= 0.6 is 0 Å². The summed E-state index contributed by atoms with van der Waals surface area (Å²) >= 11 is 0. The van der Waals surface area contributed by atoms with Gasteiger partial charge in [-0.05, 0) is 25.7 Å². The quantitative estimate of drug-likeness (QED) is 0.0598. The van der Waals surface area contributed by atoms with Gasteiger partial charge < -0.3 is 65.6 Å². The van der Waals surface area contributed by atoms with Gasteiger partial charge in [0.05, 0.1) is 0 Å². The van der Waals surface area contributed by atoms with Crippen LogP contribution in [0.4, 0.5) is 0 Å². The molecule has 0 heterocycles. The molecule has 0 aliphatic rings. The lowest BCUT2D eigenvalue weighted by atomic mass is 10.3. The summed E-state index contributed by atoms with van der Waals surface area (Å²) in [6, 6.07) is 0. The molecule has 0 bridgehead atoms. The molecule has 0 aliphatic carbocycles. The van der Waals surface area contributed by atoms with Crippen molar-refractivity contribution in [1.29, 1.82) is 10.8 Å². The zero-order valence-electron chi connectivity index (χ0n) is 24.7. The molecule has 24 N–H and O–H groups in total. The summed E-state index contributed by atoms with van der Waals surface area (Å²) in [5.74, 6) is 0.268. The van der Waals surface area contributed by atoms with Crippen molar-refractivity contribution in [3.63, 3.8) is 0 Å². The zero-order chi connectivity index (χ0) is 27.9. The molecule has 0 atom stereocenters. The van der Waals surface area contributed by atoms with Crippen LogP contribution < -0.4 is 22.9 Å². The van der Waals surface area contributed by atoms with Crippen molar-refractivity contribution in [2.45, 2.75) is 79.1 Å². The number of nitrogens with zero attached hydrogens (tertiary/aromatic N) is 4. The summed E-state index contributed by atoms with van der Waals surface area (Å²) in [5, 5.41) is 15.4. The maximum absolute atomic E-state index is 8.74. The Bertz CT molecular complexity index is 666. The first-order valence-corrected chi connectivity index (χ1v) is 13.2. The van der Waals surface area contributed by atoms with Crippen LogP contribution in [-0.2, 0) is 10.4 Å². The predicted molar refractivity (Wildman–Crippen MR) is 166 cm³/mol. The highest BCUT2D eigenvalue weighted by Gasteiger charge is 2.08. The third-order valence-corrected chi connectivity index (χ3v) is 4.20. The van der Waals surface area contributed by atoms with Crippen LogP contribution in [0.2, 0.25) is 0 Å². The number of rotatable bonds is 12. The van der Waals surface area contributed by atoms with E-state index < -0.39 is 10.4 Å². The highest BCUT2D eigenvalue weighted by Crippen LogP contribution is 2.01. The largest absolute Gasteiger partial charge is 0.412 e. The van der Waals surface area contributed by atoms with Gasteiger partial charge >= 0.3 is 10.4 Å². The third kappa shape index (κ3) is 54.0. The Labute approximate surface area is 243 Å². The van der Waals surface area contributed by atoms with Crippen LogP contribution in [0.25, 0.3) is 0 Å². The summed E-state index contributed by atoms with van der Waals surface area (Å²) in [4.78, 5) is 11.4. The number of nitrogens with two attached hydrogens (primary N) is 4. The summed E-state index contributed by atoms with van der Waals surface area (Å²) in [6.07, 6.45) is 8.68. The molecule has 0 aromatic carbocycles. The Morgan fingerprint density at radius 2 is 0.756 bits per heavy atom. The predicted octanol–water partition coefficient (Wildman–Crippen LogP) is -3.41. The lowest BCUT2D eigenvalue weighted by Crippen LogP contribution is -2.34. The molecule has 0 saturated heterocycles. The van der Waals surface area contributed by atoms with Gasteiger partial charge in [0, 0.05) is 26.2 Å². The Hall–Kier alpha value is -2.89. The van der Waals surface area contributed by atoms with E-state index in [0.29, 0.717) is 0 Å². The van der Waals surface area contributed by atoms with Gasteiger partial charge in [0.1, 0.15) is 0 Å². The molecule has 0 rings (SSSR count). The molecule has 0 aliphatic heterocycles. The molecular weight excluding hydrogens is 572 g/mol. The lowest BCUT2D eigenvalue weighted by molar-refractivity contribution is 0.381. The molecule has 256 valence electrons. The lowest BCUT2D eigenvalue weighted by Gasteiger charge is -2.22. The van der Waals surface area contributed by atoms with E-state index >= 15 is 0 Å². The fourth-order valence-electron chi connectivity index (χ4n) is 2.43. The Balaban J connectivity index is -0.0000000543. The molecule has 0 fully saturated rings. The molecule has 20 nitrogen and oxygen atoms in total. The number of hydrogen-bond acceptors (Lipinski definition) is 4. The van der Waals surface area contributed by atoms with Crippen LogP contribution in [0.1, 0.15) is 79.1 Å². The first kappa shape index (κ1) is 61.9. The van der Waals surface area contributed by atoms with E-state index in [1.54, 1.807) is 0 Å². The second-order valence-electron chi connectivity index (χ2n) is 7.56. The van der Waals surface area contributed by atoms with Crippen LogP contribution in [0.5, 0.6) is 0 Å². The van der Waals surface area contributed by atoms with Crippen LogP contribution in [0.3, 0.4) is 0 Å². The summed E-state index contributed by atoms with van der Waals surface area (Å²) in [6.45, 7) is 11.9. The number of hydrogen-bond donors (Lipinski definition) is 8. The normalized spacial score (nSPS) is 8.54. The highest BCUT2D eigenvalue weighted by molar-refractivity contribution is 7.79. The number of guanidine groups is 4. The minimum absolute atomic E-state index is 0. The number of nitrogens with one attached hydrogen (secondary N) is 2. The van der Waals surface area contributed by atoms with Crippen molar-refractivity contribution in [3.8, 4) is 0 Å². The molecule has 0 aromatic heterocycles. The first-order valence-electron chi connectivity index (χ1n) is 11.8. The van der Waals surface area contributed by atoms with Crippen LogP contribution in [0.15, 0.2) is 9.98 Å². The maximum Gasteiger partial charge on any atom is 0.394 e. The monoisotopic (exact) mass is 632 g/mol. The highest BCUT2D eigenvalue weighted by atomic mass is 32.3. The van der Waals surface area contributed by atoms with E-state index in [1.807, 2.05) is 9.80 Å². The Morgan fingerprint density at radius 1 is 0.585 bits per heavy atom. The SMILES string of the molecule is CCCCN(CCCC)C(=N)N=C(N)N.CCCCN(CCCC)C(=N)N=C(N)N.O.O.O.O.O.O.O=S(=O)(O)O. The zero-order valence-corrected chi connectivity index (χ0v) is 25.5. The van der Waals surface area contributed by atoms with E-state index in [0.717, 1.165) is 77.5 Å². The van der Waals surface area contributed by atoms with Crippen molar-refractivity contribution in [3.05, 3.63) is 0 Å². The smallest absolute Gasteiger partial charge is 0.394 e. The topological polar surface area (TPSA) is 447 Å². The summed E-state index contributed by atoms with van der Waals surface area (Å²) in [7, 11) is -4.67. The number of aliphatic imine (C=N–C) groups is 2. The maximum atomic E-state index is 8.74. The fourth-order valence-corrected chi connectivity index (χ4v) is 2.43. The fraction of sp³-hybridized carbons (Fsp3) is 0.800. The third-order valence-electron chi connectivity index (χ3n) is 4.20. The van der Waals surface area contributed by atoms with Crippen molar-refractivity contribution in [2.24, 2.45) is 32.9 Å². The van der Waals surface area contributed by atoms with Crippen molar-refractivity contribution < 1.29 is 50.4 Å². The van der Waals surface area contributed by atoms with Gasteiger partial charge in [-0.1, -0.05) is 53.4 Å². The Kier molecular flexibility index (Phi) is 59.3. The van der Waals surface area contributed by atoms with Gasteiger partial charge in [-0.2, -0.15) is 18.4 Å².